The Labute approximate surface area is 111 Å². The molecule has 0 heterocycles. The summed E-state index contributed by atoms with van der Waals surface area (Å²) in [7, 11) is 0. The molecule has 1 aromatic rings. The van der Waals surface area contributed by atoms with Crippen molar-refractivity contribution in [2.45, 2.75) is 13.8 Å². The van der Waals surface area contributed by atoms with Gasteiger partial charge in [-0.3, -0.25) is 4.79 Å². The van der Waals surface area contributed by atoms with Gasteiger partial charge in [-0.1, -0.05) is 25.1 Å². The van der Waals surface area contributed by atoms with Gasteiger partial charge in [-0.25, -0.2) is 4.79 Å². The van der Waals surface area contributed by atoms with Crippen molar-refractivity contribution in [3.05, 3.63) is 30.3 Å². The van der Waals surface area contributed by atoms with E-state index < -0.39 is 5.30 Å². The Morgan fingerprint density at radius 2 is 1.94 bits per heavy atom. The molecule has 0 saturated carbocycles. The molecule has 4 nitrogen and oxygen atoms in total. The number of carbonyl (C=O) groups is 2. The Morgan fingerprint density at radius 3 is 2.56 bits per heavy atom. The van der Waals surface area contributed by atoms with Crippen LogP contribution >= 0.6 is 11.8 Å². The van der Waals surface area contributed by atoms with Crippen molar-refractivity contribution < 1.29 is 19.1 Å². The molecule has 1 unspecified atom stereocenters. The molecule has 0 fully saturated rings. The van der Waals surface area contributed by atoms with Gasteiger partial charge in [0.25, 0.3) is 0 Å². The van der Waals surface area contributed by atoms with Crippen molar-refractivity contribution in [3.63, 3.8) is 0 Å². The van der Waals surface area contributed by atoms with Crippen LogP contribution in [0.25, 0.3) is 0 Å². The zero-order valence-corrected chi connectivity index (χ0v) is 11.2. The van der Waals surface area contributed by atoms with E-state index in [-0.39, 0.29) is 11.9 Å². The normalized spacial score (nSPS) is 11.7. The molecular formula is C13H16O4S. The van der Waals surface area contributed by atoms with Gasteiger partial charge in [0.15, 0.2) is 0 Å². The summed E-state index contributed by atoms with van der Waals surface area (Å²) in [5.41, 5.74) is 0. The number of ether oxygens (including phenoxy) is 2. The van der Waals surface area contributed by atoms with Gasteiger partial charge >= 0.3 is 11.3 Å². The fraction of sp³-hybridized carbons (Fsp3) is 0.385. The summed E-state index contributed by atoms with van der Waals surface area (Å²) in [5, 5.41) is -0.419. The summed E-state index contributed by atoms with van der Waals surface area (Å²) >= 11 is 0.972. The van der Waals surface area contributed by atoms with Crippen molar-refractivity contribution in [2.75, 3.05) is 12.4 Å². The average molecular weight is 268 g/mol. The highest BCUT2D eigenvalue weighted by Crippen LogP contribution is 2.16. The monoisotopic (exact) mass is 268 g/mol. The lowest BCUT2D eigenvalue weighted by Crippen LogP contribution is -2.18. The van der Waals surface area contributed by atoms with Crippen LogP contribution < -0.4 is 4.74 Å². The number of esters is 1. The van der Waals surface area contributed by atoms with Crippen LogP contribution in [0.1, 0.15) is 13.8 Å². The highest BCUT2D eigenvalue weighted by molar-refractivity contribution is 8.13. The molecule has 0 radical (unpaired) electrons. The van der Waals surface area contributed by atoms with Gasteiger partial charge in [0.05, 0.1) is 12.5 Å². The smallest absolute Gasteiger partial charge is 0.372 e. The largest absolute Gasteiger partial charge is 0.466 e. The van der Waals surface area contributed by atoms with Crippen molar-refractivity contribution in [3.8, 4) is 5.75 Å². The van der Waals surface area contributed by atoms with Crippen LogP contribution in [-0.2, 0) is 9.53 Å². The van der Waals surface area contributed by atoms with Crippen LogP contribution in [0.3, 0.4) is 0 Å². The van der Waals surface area contributed by atoms with Crippen LogP contribution in [0.15, 0.2) is 30.3 Å². The molecule has 1 aromatic carbocycles. The SMILES string of the molecule is CCOC(=O)C(C)CSC(=O)Oc1ccccc1. The number of hydrogen-bond donors (Lipinski definition) is 0. The van der Waals surface area contributed by atoms with Crippen molar-refractivity contribution >= 4 is 23.0 Å². The van der Waals surface area contributed by atoms with E-state index in [1.165, 1.54) is 0 Å². The first-order valence-electron chi connectivity index (χ1n) is 5.69. The zero-order valence-electron chi connectivity index (χ0n) is 10.4. The fourth-order valence-electron chi connectivity index (χ4n) is 1.16. The molecule has 1 atom stereocenters. The predicted octanol–water partition coefficient (Wildman–Crippen LogP) is 3.12. The van der Waals surface area contributed by atoms with E-state index in [0.717, 1.165) is 11.8 Å². The second kappa shape index (κ2) is 7.76. The molecule has 18 heavy (non-hydrogen) atoms. The summed E-state index contributed by atoms with van der Waals surface area (Å²) in [6.07, 6.45) is 0. The maximum atomic E-state index is 11.5. The number of carbonyl (C=O) groups excluding carboxylic acids is 2. The maximum absolute atomic E-state index is 11.5. The van der Waals surface area contributed by atoms with E-state index in [9.17, 15) is 9.59 Å². The van der Waals surface area contributed by atoms with Gasteiger partial charge in [0.2, 0.25) is 0 Å². The first kappa shape index (κ1) is 14.6. The van der Waals surface area contributed by atoms with Crippen molar-refractivity contribution in [1.82, 2.24) is 0 Å². The molecule has 0 bridgehead atoms. The molecule has 5 heteroatoms. The van der Waals surface area contributed by atoms with Crippen LogP contribution in [-0.4, -0.2) is 23.6 Å². The Hall–Kier alpha value is -1.49. The molecule has 0 aliphatic heterocycles. The lowest BCUT2D eigenvalue weighted by atomic mass is 10.2. The minimum atomic E-state index is -0.419. The lowest BCUT2D eigenvalue weighted by Gasteiger charge is -2.09. The highest BCUT2D eigenvalue weighted by atomic mass is 32.2. The molecular weight excluding hydrogens is 252 g/mol. The van der Waals surface area contributed by atoms with E-state index in [1.54, 1.807) is 38.1 Å². The first-order valence-corrected chi connectivity index (χ1v) is 6.68. The van der Waals surface area contributed by atoms with E-state index in [2.05, 4.69) is 0 Å². The Balaban J connectivity index is 2.31. The number of benzene rings is 1. The van der Waals surface area contributed by atoms with Crippen LogP contribution in [0.4, 0.5) is 4.79 Å². The molecule has 1 rings (SSSR count). The van der Waals surface area contributed by atoms with Gasteiger partial charge in [0, 0.05) is 5.75 Å². The number of thioether (sulfide) groups is 1. The van der Waals surface area contributed by atoms with E-state index in [1.807, 2.05) is 6.07 Å². The summed E-state index contributed by atoms with van der Waals surface area (Å²) in [4.78, 5) is 22.8. The molecule has 0 aromatic heterocycles. The molecule has 98 valence electrons. The molecule has 0 N–H and O–H groups in total. The first-order chi connectivity index (χ1) is 8.63. The van der Waals surface area contributed by atoms with Gasteiger partial charge in [-0.05, 0) is 30.8 Å². The molecule has 0 aliphatic carbocycles. The summed E-state index contributed by atoms with van der Waals surface area (Å²) in [5.74, 6) is 0.236. The van der Waals surface area contributed by atoms with Crippen molar-refractivity contribution in [2.24, 2.45) is 5.92 Å². The summed E-state index contributed by atoms with van der Waals surface area (Å²) in [6.45, 7) is 3.82. The third-order valence-electron chi connectivity index (χ3n) is 2.08. The van der Waals surface area contributed by atoms with Crippen LogP contribution in [0.2, 0.25) is 0 Å². The average Bonchev–Trinajstić information content (AvgIpc) is 2.37. The third-order valence-corrected chi connectivity index (χ3v) is 3.07. The van der Waals surface area contributed by atoms with E-state index in [4.69, 9.17) is 9.47 Å². The van der Waals surface area contributed by atoms with Gasteiger partial charge in [0.1, 0.15) is 5.75 Å². The second-order valence-corrected chi connectivity index (χ2v) is 4.58. The number of para-hydroxylation sites is 1. The quantitative estimate of drug-likeness (QED) is 0.768. The number of rotatable bonds is 5. The summed E-state index contributed by atoms with van der Waals surface area (Å²) in [6, 6.07) is 8.82. The zero-order chi connectivity index (χ0) is 13.4. The molecule has 0 saturated heterocycles. The van der Waals surface area contributed by atoms with Gasteiger partial charge in [-0.2, -0.15) is 0 Å². The Bertz CT molecular complexity index is 391. The molecule has 0 aliphatic rings. The Kier molecular flexibility index (Phi) is 6.28. The molecule has 0 spiro atoms. The Morgan fingerprint density at radius 1 is 1.28 bits per heavy atom. The lowest BCUT2D eigenvalue weighted by molar-refractivity contribution is -0.146. The van der Waals surface area contributed by atoms with Crippen LogP contribution in [0.5, 0.6) is 5.75 Å². The van der Waals surface area contributed by atoms with Crippen molar-refractivity contribution in [1.29, 1.82) is 0 Å². The van der Waals surface area contributed by atoms with Crippen LogP contribution in [0, 0.1) is 5.92 Å². The highest BCUT2D eigenvalue weighted by Gasteiger charge is 2.16. The fourth-order valence-corrected chi connectivity index (χ4v) is 1.84. The predicted molar refractivity (Wildman–Crippen MR) is 70.7 cm³/mol. The van der Waals surface area contributed by atoms with Gasteiger partial charge < -0.3 is 9.47 Å². The van der Waals surface area contributed by atoms with E-state index in [0.29, 0.717) is 18.1 Å². The van der Waals surface area contributed by atoms with Gasteiger partial charge in [-0.15, -0.1) is 0 Å². The minimum Gasteiger partial charge on any atom is -0.466 e. The standard InChI is InChI=1S/C13H16O4S/c1-3-16-12(14)10(2)9-18-13(15)17-11-7-5-4-6-8-11/h4-8,10H,3,9H2,1-2H3. The maximum Gasteiger partial charge on any atom is 0.372 e. The molecule has 0 amide bonds. The summed E-state index contributed by atoms with van der Waals surface area (Å²) < 4.78 is 9.93. The minimum absolute atomic E-state index is 0.294. The third kappa shape index (κ3) is 5.23. The van der Waals surface area contributed by atoms with E-state index >= 15 is 0 Å². The number of hydrogen-bond acceptors (Lipinski definition) is 5. The topological polar surface area (TPSA) is 52.6 Å². The second-order valence-electron chi connectivity index (χ2n) is 3.63.